The molecule has 134 valence electrons. The van der Waals surface area contributed by atoms with Crippen molar-refractivity contribution in [3.8, 4) is 5.88 Å². The zero-order valence-corrected chi connectivity index (χ0v) is 14.7. The number of nitrogens with one attached hydrogen (secondary N) is 2. The van der Waals surface area contributed by atoms with Gasteiger partial charge in [-0.3, -0.25) is 4.68 Å². The molecular weight excluding hydrogens is 348 g/mol. The van der Waals surface area contributed by atoms with Gasteiger partial charge >= 0.3 is 0 Å². The molecule has 10 heteroatoms. The Kier molecular flexibility index (Phi) is 4.36. The summed E-state index contributed by atoms with van der Waals surface area (Å²) in [5.41, 5.74) is 1.67. The molecule has 1 unspecified atom stereocenters. The van der Waals surface area contributed by atoms with Crippen LogP contribution in [0.5, 0.6) is 5.88 Å². The maximum atomic E-state index is 6.17. The van der Waals surface area contributed by atoms with Gasteiger partial charge in [-0.15, -0.1) is 5.10 Å². The first-order valence-electron chi connectivity index (χ1n) is 8.01. The van der Waals surface area contributed by atoms with Crippen molar-refractivity contribution in [2.24, 2.45) is 0 Å². The Morgan fingerprint density at radius 1 is 1.36 bits per heavy atom. The lowest BCUT2D eigenvalue weighted by molar-refractivity contribution is -0.0300. The Labute approximate surface area is 149 Å². The van der Waals surface area contributed by atoms with Gasteiger partial charge in [0.05, 0.1) is 31.1 Å². The summed E-state index contributed by atoms with van der Waals surface area (Å²) in [5.74, 6) is 1.45. The summed E-state index contributed by atoms with van der Waals surface area (Å²) in [6.07, 6.45) is 1.37. The van der Waals surface area contributed by atoms with E-state index >= 15 is 0 Å². The van der Waals surface area contributed by atoms with Crippen LogP contribution in [-0.2, 0) is 9.47 Å². The monoisotopic (exact) mass is 366 g/mol. The van der Waals surface area contributed by atoms with Crippen LogP contribution in [0.1, 0.15) is 11.7 Å². The smallest absolute Gasteiger partial charge is 0.257 e. The molecule has 0 amide bonds. The van der Waals surface area contributed by atoms with Gasteiger partial charge in [-0.2, -0.15) is 4.98 Å². The van der Waals surface area contributed by atoms with Crippen molar-refractivity contribution >= 4 is 29.1 Å². The molecule has 2 bridgehead atoms. The van der Waals surface area contributed by atoms with Crippen LogP contribution in [0.4, 0.5) is 17.5 Å². The molecule has 4 rings (SSSR count). The molecule has 9 nitrogen and oxygen atoms in total. The molecule has 25 heavy (non-hydrogen) atoms. The van der Waals surface area contributed by atoms with Crippen molar-refractivity contribution in [3.63, 3.8) is 0 Å². The quantitative estimate of drug-likeness (QED) is 0.830. The molecule has 0 aromatic carbocycles. The molecule has 2 aromatic rings. The zero-order chi connectivity index (χ0) is 17.4. The molecular formula is C15H19ClN6O3. The van der Waals surface area contributed by atoms with Crippen LogP contribution in [-0.4, -0.2) is 59.3 Å². The Morgan fingerprint density at radius 3 is 2.92 bits per heavy atom. The number of methoxy groups -OCH3 is 1. The lowest BCUT2D eigenvalue weighted by atomic mass is 10.2. The van der Waals surface area contributed by atoms with Crippen molar-refractivity contribution < 1.29 is 14.2 Å². The molecule has 1 saturated heterocycles. The first kappa shape index (κ1) is 16.4. The van der Waals surface area contributed by atoms with Gasteiger partial charge in [0.15, 0.2) is 5.82 Å². The topological polar surface area (TPSA) is 95.4 Å². The molecule has 2 aromatic heterocycles. The number of aromatic nitrogens is 4. The van der Waals surface area contributed by atoms with Gasteiger partial charge in [0.2, 0.25) is 5.95 Å². The van der Waals surface area contributed by atoms with E-state index in [0.717, 1.165) is 11.4 Å². The van der Waals surface area contributed by atoms with E-state index < -0.39 is 0 Å². The van der Waals surface area contributed by atoms with Crippen LogP contribution < -0.4 is 15.4 Å². The second-order valence-corrected chi connectivity index (χ2v) is 6.37. The van der Waals surface area contributed by atoms with Gasteiger partial charge < -0.3 is 24.8 Å². The Balaban J connectivity index is 1.74. The SMILES string of the molecule is COC1CNc2nc(ncc2Cl)Nc2c(nn(C3COC3)c2C)OC1. The Morgan fingerprint density at radius 2 is 2.20 bits per heavy atom. The Bertz CT molecular complexity index is 779. The van der Waals surface area contributed by atoms with E-state index in [1.807, 2.05) is 11.6 Å². The fourth-order valence-corrected chi connectivity index (χ4v) is 2.87. The standard InChI is InChI=1S/C15H19ClN6O3/c1-8-12-14(21-22(8)9-5-24-6-9)25-7-10(23-2)3-17-13-11(16)4-18-15(19-12)20-13/h4,9-10H,3,5-7H2,1-2H3,(H2,17,18,19,20). The zero-order valence-electron chi connectivity index (χ0n) is 14.0. The number of rotatable bonds is 2. The van der Waals surface area contributed by atoms with E-state index in [1.165, 1.54) is 0 Å². The van der Waals surface area contributed by atoms with E-state index in [1.54, 1.807) is 13.3 Å². The van der Waals surface area contributed by atoms with Crippen molar-refractivity contribution in [1.82, 2.24) is 19.7 Å². The number of hydrogen-bond acceptors (Lipinski definition) is 8. The maximum Gasteiger partial charge on any atom is 0.257 e. The fourth-order valence-electron chi connectivity index (χ4n) is 2.71. The summed E-state index contributed by atoms with van der Waals surface area (Å²) in [7, 11) is 1.64. The normalized spacial score (nSPS) is 20.4. The van der Waals surface area contributed by atoms with E-state index in [2.05, 4.69) is 25.7 Å². The molecule has 0 radical (unpaired) electrons. The largest absolute Gasteiger partial charge is 0.472 e. The van der Waals surface area contributed by atoms with Crippen molar-refractivity contribution in [2.45, 2.75) is 19.1 Å². The van der Waals surface area contributed by atoms with E-state index in [-0.39, 0.29) is 12.1 Å². The molecule has 0 saturated carbocycles. The summed E-state index contributed by atoms with van der Waals surface area (Å²) in [6.45, 7) is 4.11. The van der Waals surface area contributed by atoms with Crippen molar-refractivity contribution in [2.75, 3.05) is 44.1 Å². The van der Waals surface area contributed by atoms with Crippen LogP contribution in [0.25, 0.3) is 0 Å². The van der Waals surface area contributed by atoms with Gasteiger partial charge in [-0.1, -0.05) is 11.6 Å². The highest BCUT2D eigenvalue weighted by Crippen LogP contribution is 2.34. The molecule has 2 N–H and O–H groups in total. The van der Waals surface area contributed by atoms with E-state index in [9.17, 15) is 0 Å². The lowest BCUT2D eigenvalue weighted by Crippen LogP contribution is -2.32. The number of ether oxygens (including phenoxy) is 3. The third-order valence-electron chi connectivity index (χ3n) is 4.30. The molecule has 2 aliphatic rings. The third-order valence-corrected chi connectivity index (χ3v) is 4.58. The van der Waals surface area contributed by atoms with Crippen LogP contribution in [0, 0.1) is 6.92 Å². The number of nitrogens with zero attached hydrogens (tertiary/aromatic N) is 4. The van der Waals surface area contributed by atoms with Gasteiger partial charge in [0.1, 0.15) is 23.4 Å². The van der Waals surface area contributed by atoms with Crippen molar-refractivity contribution in [3.05, 3.63) is 16.9 Å². The second kappa shape index (κ2) is 6.66. The van der Waals surface area contributed by atoms with Gasteiger partial charge in [0.25, 0.3) is 5.88 Å². The fraction of sp³-hybridized carbons (Fsp3) is 0.533. The molecule has 0 spiro atoms. The maximum absolute atomic E-state index is 6.17. The van der Waals surface area contributed by atoms with E-state index in [0.29, 0.717) is 49.0 Å². The Hall–Kier alpha value is -2.10. The lowest BCUT2D eigenvalue weighted by Gasteiger charge is -2.27. The van der Waals surface area contributed by atoms with Gasteiger partial charge in [-0.25, -0.2) is 4.98 Å². The van der Waals surface area contributed by atoms with E-state index in [4.69, 9.17) is 25.8 Å². The van der Waals surface area contributed by atoms with Crippen LogP contribution >= 0.6 is 11.6 Å². The van der Waals surface area contributed by atoms with Crippen molar-refractivity contribution in [1.29, 1.82) is 0 Å². The van der Waals surface area contributed by atoms with Crippen LogP contribution in [0.2, 0.25) is 5.02 Å². The summed E-state index contributed by atoms with van der Waals surface area (Å²) < 4.78 is 18.6. The van der Waals surface area contributed by atoms with Gasteiger partial charge in [-0.05, 0) is 6.92 Å². The minimum Gasteiger partial charge on any atom is -0.472 e. The summed E-state index contributed by atoms with van der Waals surface area (Å²) in [6, 6.07) is 0.215. The number of halogens is 1. The van der Waals surface area contributed by atoms with Crippen LogP contribution in [0.15, 0.2) is 6.20 Å². The minimum atomic E-state index is -0.182. The highest BCUT2D eigenvalue weighted by molar-refractivity contribution is 6.32. The minimum absolute atomic E-state index is 0.182. The number of hydrogen-bond donors (Lipinski definition) is 2. The number of anilines is 3. The molecule has 0 aliphatic carbocycles. The second-order valence-electron chi connectivity index (χ2n) is 5.97. The number of fused-ring (bicyclic) bond motifs is 3. The third kappa shape index (κ3) is 3.10. The highest BCUT2D eigenvalue weighted by atomic mass is 35.5. The molecule has 4 heterocycles. The predicted molar refractivity (Wildman–Crippen MR) is 91.9 cm³/mol. The first-order valence-corrected chi connectivity index (χ1v) is 8.39. The summed E-state index contributed by atoms with van der Waals surface area (Å²) in [4.78, 5) is 8.67. The predicted octanol–water partition coefficient (Wildman–Crippen LogP) is 1.77. The summed E-state index contributed by atoms with van der Waals surface area (Å²) in [5, 5.41) is 11.4. The molecule has 1 atom stereocenters. The highest BCUT2D eigenvalue weighted by Gasteiger charge is 2.28. The summed E-state index contributed by atoms with van der Waals surface area (Å²) >= 11 is 6.17. The van der Waals surface area contributed by atoms with Gasteiger partial charge in [0, 0.05) is 13.7 Å². The molecule has 2 aliphatic heterocycles. The average molecular weight is 367 g/mol. The first-order chi connectivity index (χ1) is 12.2. The van der Waals surface area contributed by atoms with Crippen LogP contribution in [0.3, 0.4) is 0 Å². The average Bonchev–Trinajstić information content (AvgIpc) is 2.84. The molecule has 1 fully saturated rings.